The topological polar surface area (TPSA) is 86.7 Å². The fourth-order valence-corrected chi connectivity index (χ4v) is 5.74. The van der Waals surface area contributed by atoms with Gasteiger partial charge in [-0.05, 0) is 31.8 Å². The molecule has 3 aliphatic rings. The molecule has 2 saturated carbocycles. The highest BCUT2D eigenvalue weighted by molar-refractivity contribution is 7.87. The van der Waals surface area contributed by atoms with Gasteiger partial charge < -0.3 is 4.74 Å². The molecule has 122 valence electrons. The van der Waals surface area contributed by atoms with Gasteiger partial charge in [0.05, 0.1) is 5.25 Å². The van der Waals surface area contributed by atoms with E-state index in [4.69, 9.17) is 8.92 Å². The van der Waals surface area contributed by atoms with Crippen molar-refractivity contribution < 1.29 is 26.9 Å². The predicted molar refractivity (Wildman–Crippen MR) is 77.3 cm³/mol. The Kier molecular flexibility index (Phi) is 3.89. The van der Waals surface area contributed by atoms with Gasteiger partial charge in [0.25, 0.3) is 10.1 Å². The summed E-state index contributed by atoms with van der Waals surface area (Å²) in [6.45, 7) is 5.21. The molecule has 0 aromatic rings. The van der Waals surface area contributed by atoms with Crippen molar-refractivity contribution in [3.8, 4) is 0 Å². The van der Waals surface area contributed by atoms with Gasteiger partial charge in [-0.15, -0.1) is 0 Å². The fourth-order valence-electron chi connectivity index (χ4n) is 3.86. The van der Waals surface area contributed by atoms with Gasteiger partial charge in [-0.3, -0.25) is 13.8 Å². The molecule has 2 bridgehead atoms. The van der Waals surface area contributed by atoms with E-state index in [1.165, 1.54) is 0 Å². The van der Waals surface area contributed by atoms with E-state index in [1.54, 1.807) is 6.92 Å². The van der Waals surface area contributed by atoms with Crippen LogP contribution in [-0.2, 0) is 28.6 Å². The van der Waals surface area contributed by atoms with Crippen molar-refractivity contribution in [2.75, 3.05) is 0 Å². The second-order valence-corrected chi connectivity index (χ2v) is 8.28. The normalized spacial score (nSPS) is 37.2. The number of Topliss-reactive ketones (excluding diaryl/α,β-unsaturated/α-hetero) is 1. The highest BCUT2D eigenvalue weighted by atomic mass is 32.2. The van der Waals surface area contributed by atoms with Crippen molar-refractivity contribution in [2.45, 2.75) is 56.5 Å². The highest BCUT2D eigenvalue weighted by Crippen LogP contribution is 2.55. The minimum atomic E-state index is -3.48. The average molecular weight is 328 g/mol. The van der Waals surface area contributed by atoms with Crippen molar-refractivity contribution >= 4 is 21.9 Å². The summed E-state index contributed by atoms with van der Waals surface area (Å²) in [6, 6.07) is 0. The molecular formula is C15H20O6S. The first-order valence-corrected chi connectivity index (χ1v) is 9.07. The van der Waals surface area contributed by atoms with E-state index in [2.05, 4.69) is 6.58 Å². The maximum atomic E-state index is 11.9. The molecule has 0 N–H and O–H groups in total. The summed E-state index contributed by atoms with van der Waals surface area (Å²) in [5, 5.41) is -0.411. The Hall–Kier alpha value is -1.21. The molecule has 0 amide bonds. The molecule has 0 spiro atoms. The number of ether oxygens (including phenoxy) is 1. The molecule has 1 heterocycles. The summed E-state index contributed by atoms with van der Waals surface area (Å²) in [5.41, 5.74) is 0.483. The third-order valence-corrected chi connectivity index (χ3v) is 6.72. The Morgan fingerprint density at radius 2 is 2.00 bits per heavy atom. The van der Waals surface area contributed by atoms with Crippen LogP contribution in [0.4, 0.5) is 0 Å². The van der Waals surface area contributed by atoms with Gasteiger partial charge >= 0.3 is 5.97 Å². The zero-order valence-corrected chi connectivity index (χ0v) is 13.3. The van der Waals surface area contributed by atoms with Gasteiger partial charge in [-0.25, -0.2) is 0 Å². The van der Waals surface area contributed by atoms with Crippen LogP contribution in [-0.4, -0.2) is 37.6 Å². The summed E-state index contributed by atoms with van der Waals surface area (Å²) in [5.74, 6) is -0.395. The van der Waals surface area contributed by atoms with E-state index < -0.39 is 33.5 Å². The first kappa shape index (κ1) is 15.7. The predicted octanol–water partition coefficient (Wildman–Crippen LogP) is 1.35. The first-order chi connectivity index (χ1) is 10.3. The van der Waals surface area contributed by atoms with E-state index in [1.807, 2.05) is 0 Å². The fraction of sp³-hybridized carbons (Fsp3) is 0.733. The van der Waals surface area contributed by atoms with Gasteiger partial charge in [0.2, 0.25) is 0 Å². The molecule has 1 aliphatic heterocycles. The minimum Gasteiger partial charge on any atom is -0.459 e. The van der Waals surface area contributed by atoms with Crippen molar-refractivity contribution in [3.05, 3.63) is 12.2 Å². The third-order valence-electron chi connectivity index (χ3n) is 4.94. The van der Waals surface area contributed by atoms with Gasteiger partial charge in [-0.2, -0.15) is 8.42 Å². The van der Waals surface area contributed by atoms with Crippen LogP contribution in [0.25, 0.3) is 0 Å². The molecular weight excluding hydrogens is 308 g/mol. The Morgan fingerprint density at radius 1 is 1.27 bits per heavy atom. The number of rotatable bonds is 6. The SMILES string of the molecule is C=C(C)C(=O)CCCC(=O)OC1C2CC3C1OS(=O)(=O)C3C2. The molecule has 22 heavy (non-hydrogen) atoms. The van der Waals surface area contributed by atoms with E-state index in [-0.39, 0.29) is 30.5 Å². The standard InChI is InChI=1S/C15H20O6S/c1-8(2)11(16)4-3-5-13(17)20-14-9-6-10-12(7-9)22(18,19)21-15(10)14/h9-10,12,14-15H,1,3-7H2,2H3. The van der Waals surface area contributed by atoms with E-state index in [0.717, 1.165) is 6.42 Å². The van der Waals surface area contributed by atoms with Gasteiger partial charge in [0, 0.05) is 24.7 Å². The van der Waals surface area contributed by atoms with Gasteiger partial charge in [-0.1, -0.05) is 6.58 Å². The van der Waals surface area contributed by atoms with Crippen LogP contribution >= 0.6 is 0 Å². The monoisotopic (exact) mass is 328 g/mol. The maximum absolute atomic E-state index is 11.9. The zero-order chi connectivity index (χ0) is 16.1. The molecule has 6 nitrogen and oxygen atoms in total. The van der Waals surface area contributed by atoms with Crippen LogP contribution in [0.15, 0.2) is 12.2 Å². The molecule has 3 rings (SSSR count). The summed E-state index contributed by atoms with van der Waals surface area (Å²) in [7, 11) is -3.48. The largest absolute Gasteiger partial charge is 0.459 e. The maximum Gasteiger partial charge on any atom is 0.306 e. The number of esters is 1. The van der Waals surface area contributed by atoms with Gasteiger partial charge in [0.1, 0.15) is 12.2 Å². The third kappa shape index (κ3) is 2.60. The summed E-state index contributed by atoms with van der Waals surface area (Å²) >= 11 is 0. The molecule has 0 aromatic heterocycles. The zero-order valence-electron chi connectivity index (χ0n) is 12.5. The van der Waals surface area contributed by atoms with Gasteiger partial charge in [0.15, 0.2) is 5.78 Å². The minimum absolute atomic E-state index is 0.0298. The molecule has 2 aliphatic carbocycles. The number of carbonyl (C=O) groups excluding carboxylic acids is 2. The number of hydrogen-bond donors (Lipinski definition) is 0. The van der Waals surface area contributed by atoms with Crippen LogP contribution in [0.3, 0.4) is 0 Å². The van der Waals surface area contributed by atoms with Crippen LogP contribution in [0.5, 0.6) is 0 Å². The smallest absolute Gasteiger partial charge is 0.306 e. The summed E-state index contributed by atoms with van der Waals surface area (Å²) in [4.78, 5) is 23.3. The molecule has 1 saturated heterocycles. The molecule has 0 aromatic carbocycles. The Morgan fingerprint density at radius 3 is 2.68 bits per heavy atom. The number of carbonyl (C=O) groups is 2. The van der Waals surface area contributed by atoms with Crippen LogP contribution in [0, 0.1) is 11.8 Å². The lowest BCUT2D eigenvalue weighted by atomic mass is 9.94. The second kappa shape index (κ2) is 5.45. The Balaban J connectivity index is 1.51. The van der Waals surface area contributed by atoms with Crippen molar-refractivity contribution in [3.63, 3.8) is 0 Å². The van der Waals surface area contributed by atoms with Crippen LogP contribution in [0.2, 0.25) is 0 Å². The van der Waals surface area contributed by atoms with Crippen LogP contribution < -0.4 is 0 Å². The quantitative estimate of drug-likeness (QED) is 0.415. The lowest BCUT2D eigenvalue weighted by Crippen LogP contribution is -2.37. The van der Waals surface area contributed by atoms with Crippen molar-refractivity contribution in [2.24, 2.45) is 11.8 Å². The molecule has 3 fully saturated rings. The number of ketones is 1. The Bertz CT molecular complexity index is 622. The van der Waals surface area contributed by atoms with Crippen molar-refractivity contribution in [1.82, 2.24) is 0 Å². The van der Waals surface area contributed by atoms with Crippen molar-refractivity contribution in [1.29, 1.82) is 0 Å². The molecule has 5 atom stereocenters. The second-order valence-electron chi connectivity index (χ2n) is 6.50. The number of allylic oxidation sites excluding steroid dienone is 1. The first-order valence-electron chi connectivity index (χ1n) is 7.60. The molecule has 7 heteroatoms. The lowest BCUT2D eigenvalue weighted by molar-refractivity contribution is -0.156. The highest BCUT2D eigenvalue weighted by Gasteiger charge is 2.65. The average Bonchev–Trinajstić information content (AvgIpc) is 3.02. The lowest BCUT2D eigenvalue weighted by Gasteiger charge is -2.24. The summed E-state index contributed by atoms with van der Waals surface area (Å²) in [6.07, 6.45) is 1.15. The number of fused-ring (bicyclic) bond motifs is 1. The van der Waals surface area contributed by atoms with Crippen LogP contribution in [0.1, 0.15) is 39.0 Å². The van der Waals surface area contributed by atoms with E-state index in [9.17, 15) is 18.0 Å². The molecule has 5 unspecified atom stereocenters. The Labute approximate surface area is 130 Å². The number of hydrogen-bond acceptors (Lipinski definition) is 6. The van der Waals surface area contributed by atoms with E-state index >= 15 is 0 Å². The molecule has 0 radical (unpaired) electrons. The summed E-state index contributed by atoms with van der Waals surface area (Å²) < 4.78 is 34.2. The van der Waals surface area contributed by atoms with E-state index in [0.29, 0.717) is 18.4 Å².